The summed E-state index contributed by atoms with van der Waals surface area (Å²) in [7, 11) is -7.29. The van der Waals surface area contributed by atoms with Crippen LogP contribution >= 0.6 is 0 Å². The molecule has 0 bridgehead atoms. The van der Waals surface area contributed by atoms with Gasteiger partial charge in [-0.25, -0.2) is 16.8 Å². The van der Waals surface area contributed by atoms with Gasteiger partial charge in [-0.3, -0.25) is 0 Å². The number of aliphatic hydroxyl groups excluding tert-OH is 2. The van der Waals surface area contributed by atoms with Crippen LogP contribution in [0.3, 0.4) is 0 Å². The Kier molecular flexibility index (Phi) is 14.5. The standard InChI is InChI=1S/C44H62O9S2/c1-6-10-22-43(8-3)30-54(47,48)38-20-18-34(28-36(38)32(5)41(43)45)53-27-26-51-24-15-25-52-35-19-21-39-37(29-35)40(33-16-13-12-14-17-33)42(46)44(9-4,23-11-7-2)31-55(39,49)50/h12-14,16-21,28-29,32,40-42,45-46H,6-11,15,22-27,30-31H2,1-5H3/t32-,40+,41-,42+,43+,44-/m0/s1. The van der Waals surface area contributed by atoms with Crippen LogP contribution in [-0.2, 0) is 24.4 Å². The highest BCUT2D eigenvalue weighted by Crippen LogP contribution is 2.50. The quantitative estimate of drug-likeness (QED) is 0.122. The van der Waals surface area contributed by atoms with Gasteiger partial charge in [0, 0.05) is 35.7 Å². The third-order valence-electron chi connectivity index (χ3n) is 12.3. The first-order chi connectivity index (χ1) is 26.3. The van der Waals surface area contributed by atoms with Gasteiger partial charge in [0.1, 0.15) is 18.1 Å². The van der Waals surface area contributed by atoms with Crippen molar-refractivity contribution in [2.24, 2.45) is 10.8 Å². The Bertz CT molecular complexity index is 1930. The molecule has 9 nitrogen and oxygen atoms in total. The molecule has 2 heterocycles. The minimum atomic E-state index is -3.69. The van der Waals surface area contributed by atoms with Crippen molar-refractivity contribution in [2.75, 3.05) is 37.9 Å². The third kappa shape index (κ3) is 9.44. The second-order valence-electron chi connectivity index (χ2n) is 15.8. The van der Waals surface area contributed by atoms with Gasteiger partial charge in [0.2, 0.25) is 0 Å². The molecular formula is C44H62O9S2. The number of unbranched alkanes of at least 4 members (excludes halogenated alkanes) is 2. The summed E-state index contributed by atoms with van der Waals surface area (Å²) in [6.45, 7) is 11.3. The molecule has 2 N–H and O–H groups in total. The van der Waals surface area contributed by atoms with E-state index in [0.29, 0.717) is 74.6 Å². The molecule has 0 fully saturated rings. The molecule has 304 valence electrons. The smallest absolute Gasteiger partial charge is 0.179 e. The van der Waals surface area contributed by atoms with E-state index in [2.05, 4.69) is 13.8 Å². The monoisotopic (exact) mass is 798 g/mol. The fraction of sp³-hybridized carbons (Fsp3) is 0.591. The van der Waals surface area contributed by atoms with E-state index in [0.717, 1.165) is 31.2 Å². The molecule has 0 unspecified atom stereocenters. The highest BCUT2D eigenvalue weighted by atomic mass is 32.2. The SMILES string of the molecule is CCCC[C@@]1(CC)CS(=O)(=O)c2ccc(OCCCOCCOc3ccc4c(c3)[C@H](C)[C@H](O)[C@](CC)(CCCC)CS4(=O)=O)cc2[C@@H](c2ccccc2)[C@H]1O. The average Bonchev–Trinajstić information content (AvgIpc) is 3.29. The first-order valence-electron chi connectivity index (χ1n) is 20.3. The molecular weight excluding hydrogens is 737 g/mol. The molecule has 11 heteroatoms. The van der Waals surface area contributed by atoms with Crippen molar-refractivity contribution >= 4 is 19.7 Å². The van der Waals surface area contributed by atoms with Crippen LogP contribution in [0.2, 0.25) is 0 Å². The first-order valence-corrected chi connectivity index (χ1v) is 23.6. The van der Waals surface area contributed by atoms with Crippen molar-refractivity contribution in [2.45, 2.75) is 126 Å². The number of hydrogen-bond donors (Lipinski definition) is 2. The van der Waals surface area contributed by atoms with Gasteiger partial charge in [-0.2, -0.15) is 0 Å². The Morgan fingerprint density at radius 1 is 0.636 bits per heavy atom. The van der Waals surface area contributed by atoms with Crippen molar-refractivity contribution in [1.82, 2.24) is 0 Å². The maximum Gasteiger partial charge on any atom is 0.179 e. The molecule has 0 aliphatic carbocycles. The molecule has 3 aromatic rings. The minimum absolute atomic E-state index is 0.0583. The summed E-state index contributed by atoms with van der Waals surface area (Å²) in [6, 6.07) is 19.8. The minimum Gasteiger partial charge on any atom is -0.493 e. The molecule has 0 aromatic heterocycles. The van der Waals surface area contributed by atoms with Crippen LogP contribution in [0.5, 0.6) is 11.5 Å². The number of sulfone groups is 2. The predicted molar refractivity (Wildman–Crippen MR) is 217 cm³/mol. The molecule has 55 heavy (non-hydrogen) atoms. The Morgan fingerprint density at radius 3 is 1.73 bits per heavy atom. The van der Waals surface area contributed by atoms with E-state index in [9.17, 15) is 27.0 Å². The van der Waals surface area contributed by atoms with Gasteiger partial charge in [0.25, 0.3) is 0 Å². The summed E-state index contributed by atoms with van der Waals surface area (Å²) in [5, 5.41) is 23.6. The third-order valence-corrected chi connectivity index (χ3v) is 16.3. The molecule has 3 aromatic carbocycles. The maximum atomic E-state index is 13.9. The fourth-order valence-electron chi connectivity index (χ4n) is 8.87. The number of hydrogen-bond acceptors (Lipinski definition) is 9. The summed E-state index contributed by atoms with van der Waals surface area (Å²) in [5.41, 5.74) is 0.578. The predicted octanol–water partition coefficient (Wildman–Crippen LogP) is 8.26. The highest BCUT2D eigenvalue weighted by molar-refractivity contribution is 7.91. The molecule has 5 rings (SSSR count). The lowest BCUT2D eigenvalue weighted by molar-refractivity contribution is 0.0125. The van der Waals surface area contributed by atoms with Gasteiger partial charge in [-0.1, -0.05) is 90.6 Å². The largest absolute Gasteiger partial charge is 0.493 e. The number of fused-ring (bicyclic) bond motifs is 2. The van der Waals surface area contributed by atoms with Gasteiger partial charge < -0.3 is 24.4 Å². The van der Waals surface area contributed by atoms with Crippen LogP contribution in [-0.4, -0.2) is 77.2 Å². The highest BCUT2D eigenvalue weighted by Gasteiger charge is 2.49. The van der Waals surface area contributed by atoms with E-state index in [1.54, 1.807) is 36.4 Å². The Balaban J connectivity index is 1.18. The molecule has 6 atom stereocenters. The number of benzene rings is 3. The molecule has 0 saturated carbocycles. The van der Waals surface area contributed by atoms with E-state index in [1.165, 1.54) is 0 Å². The summed E-state index contributed by atoms with van der Waals surface area (Å²) in [5.74, 6) is 0.0297. The zero-order chi connectivity index (χ0) is 39.9. The van der Waals surface area contributed by atoms with Crippen molar-refractivity contribution < 1.29 is 41.3 Å². The van der Waals surface area contributed by atoms with Crippen LogP contribution in [0.1, 0.15) is 121 Å². The fourth-order valence-corrected chi connectivity index (χ4v) is 13.4. The molecule has 0 spiro atoms. The van der Waals surface area contributed by atoms with Gasteiger partial charge in [0.15, 0.2) is 19.7 Å². The second-order valence-corrected chi connectivity index (χ2v) is 19.7. The van der Waals surface area contributed by atoms with Gasteiger partial charge in [0.05, 0.1) is 46.7 Å². The van der Waals surface area contributed by atoms with Gasteiger partial charge in [-0.05, 0) is 78.8 Å². The van der Waals surface area contributed by atoms with Crippen LogP contribution in [0, 0.1) is 10.8 Å². The normalized spacial score (nSPS) is 27.0. The number of ether oxygens (including phenoxy) is 3. The van der Waals surface area contributed by atoms with Gasteiger partial charge in [-0.15, -0.1) is 0 Å². The Labute approximate surface area is 329 Å². The van der Waals surface area contributed by atoms with Crippen LogP contribution < -0.4 is 9.47 Å². The van der Waals surface area contributed by atoms with E-state index in [4.69, 9.17) is 14.2 Å². The van der Waals surface area contributed by atoms with Crippen molar-refractivity contribution in [3.8, 4) is 11.5 Å². The second kappa shape index (κ2) is 18.5. The average molecular weight is 799 g/mol. The topological polar surface area (TPSA) is 136 Å². The van der Waals surface area contributed by atoms with Crippen LogP contribution in [0.25, 0.3) is 0 Å². The summed E-state index contributed by atoms with van der Waals surface area (Å²) in [4.78, 5) is 0.532. The zero-order valence-corrected chi connectivity index (χ0v) is 35.0. The van der Waals surface area contributed by atoms with Gasteiger partial charge >= 0.3 is 0 Å². The van der Waals surface area contributed by atoms with E-state index >= 15 is 0 Å². The maximum absolute atomic E-state index is 13.9. The van der Waals surface area contributed by atoms with Crippen molar-refractivity contribution in [3.05, 3.63) is 83.4 Å². The summed E-state index contributed by atoms with van der Waals surface area (Å²) in [6.07, 6.45) is 4.90. The first kappa shape index (κ1) is 43.2. The number of rotatable bonds is 18. The lowest BCUT2D eigenvalue weighted by Crippen LogP contribution is -2.42. The lowest BCUT2D eigenvalue weighted by Gasteiger charge is -2.39. The van der Waals surface area contributed by atoms with Crippen LogP contribution in [0.4, 0.5) is 0 Å². The van der Waals surface area contributed by atoms with E-state index in [-0.39, 0.29) is 33.8 Å². The Morgan fingerprint density at radius 2 is 1.16 bits per heavy atom. The molecule has 2 aliphatic heterocycles. The van der Waals surface area contributed by atoms with E-state index in [1.807, 2.05) is 51.1 Å². The van der Waals surface area contributed by atoms with Crippen molar-refractivity contribution in [3.63, 3.8) is 0 Å². The lowest BCUT2D eigenvalue weighted by atomic mass is 9.69. The number of aliphatic hydroxyl groups is 2. The molecule has 0 radical (unpaired) electrons. The van der Waals surface area contributed by atoms with Crippen molar-refractivity contribution in [1.29, 1.82) is 0 Å². The molecule has 2 aliphatic rings. The molecule has 0 amide bonds. The summed E-state index contributed by atoms with van der Waals surface area (Å²) < 4.78 is 72.8. The molecule has 0 saturated heterocycles. The van der Waals surface area contributed by atoms with E-state index < -0.39 is 48.6 Å². The zero-order valence-electron chi connectivity index (χ0n) is 33.3. The van der Waals surface area contributed by atoms with Crippen LogP contribution in [0.15, 0.2) is 76.5 Å². The Hall–Kier alpha value is -2.96. The summed E-state index contributed by atoms with van der Waals surface area (Å²) >= 11 is 0.